The third-order valence-electron chi connectivity index (χ3n) is 4.47. The van der Waals surface area contributed by atoms with Crippen LogP contribution in [0.5, 0.6) is 5.75 Å². The first-order valence-electron chi connectivity index (χ1n) is 8.37. The van der Waals surface area contributed by atoms with E-state index in [1.165, 1.54) is 0 Å². The Morgan fingerprint density at radius 3 is 2.52 bits per heavy atom. The van der Waals surface area contributed by atoms with Gasteiger partial charge in [-0.25, -0.2) is 0 Å². The SMILES string of the molecule is Cc1oc2ccc(O)c(CN(C)C)c2c1C(=O)c1cc2ccccc2o1.Cl. The van der Waals surface area contributed by atoms with Gasteiger partial charge in [-0.1, -0.05) is 18.2 Å². The Morgan fingerprint density at radius 2 is 1.81 bits per heavy atom. The lowest BCUT2D eigenvalue weighted by Gasteiger charge is -2.12. The van der Waals surface area contributed by atoms with E-state index in [0.717, 1.165) is 5.39 Å². The predicted octanol–water partition coefficient (Wildman–Crippen LogP) is 4.91. The fraction of sp³-hybridized carbons (Fsp3) is 0.190. The minimum Gasteiger partial charge on any atom is -0.508 e. The van der Waals surface area contributed by atoms with Crippen molar-refractivity contribution < 1.29 is 18.7 Å². The first-order chi connectivity index (χ1) is 12.5. The molecule has 0 unspecified atom stereocenters. The Labute approximate surface area is 162 Å². The summed E-state index contributed by atoms with van der Waals surface area (Å²) < 4.78 is 11.5. The van der Waals surface area contributed by atoms with Crippen LogP contribution in [0.2, 0.25) is 0 Å². The third kappa shape index (κ3) is 3.20. The molecule has 140 valence electrons. The van der Waals surface area contributed by atoms with Crippen molar-refractivity contribution in [3.05, 3.63) is 65.1 Å². The largest absolute Gasteiger partial charge is 0.508 e. The van der Waals surface area contributed by atoms with E-state index >= 15 is 0 Å². The van der Waals surface area contributed by atoms with E-state index in [4.69, 9.17) is 8.83 Å². The zero-order valence-electron chi connectivity index (χ0n) is 15.3. The van der Waals surface area contributed by atoms with Crippen LogP contribution in [0.4, 0.5) is 0 Å². The smallest absolute Gasteiger partial charge is 0.232 e. The first kappa shape index (κ1) is 19.0. The normalized spacial score (nSPS) is 11.3. The van der Waals surface area contributed by atoms with Gasteiger partial charge in [-0.2, -0.15) is 0 Å². The highest BCUT2D eigenvalue weighted by molar-refractivity contribution is 6.17. The fourth-order valence-corrected chi connectivity index (χ4v) is 3.33. The van der Waals surface area contributed by atoms with E-state index in [-0.39, 0.29) is 29.7 Å². The van der Waals surface area contributed by atoms with Crippen LogP contribution in [-0.4, -0.2) is 29.9 Å². The average molecular weight is 386 g/mol. The van der Waals surface area contributed by atoms with E-state index < -0.39 is 0 Å². The van der Waals surface area contributed by atoms with Gasteiger partial charge in [-0.15, -0.1) is 12.4 Å². The van der Waals surface area contributed by atoms with E-state index in [1.54, 1.807) is 25.1 Å². The lowest BCUT2D eigenvalue weighted by atomic mass is 9.99. The van der Waals surface area contributed by atoms with Crippen LogP contribution < -0.4 is 0 Å². The van der Waals surface area contributed by atoms with Gasteiger partial charge >= 0.3 is 0 Å². The van der Waals surface area contributed by atoms with E-state index in [0.29, 0.717) is 40.0 Å². The van der Waals surface area contributed by atoms with E-state index in [2.05, 4.69) is 0 Å². The number of aromatic hydroxyl groups is 1. The van der Waals surface area contributed by atoms with Crippen LogP contribution in [0, 0.1) is 6.92 Å². The Morgan fingerprint density at radius 1 is 1.07 bits per heavy atom. The number of rotatable bonds is 4. The van der Waals surface area contributed by atoms with Crippen LogP contribution in [0.25, 0.3) is 21.9 Å². The number of ketones is 1. The molecule has 0 saturated heterocycles. The molecular weight excluding hydrogens is 366 g/mol. The van der Waals surface area contributed by atoms with Gasteiger partial charge in [0.05, 0.1) is 5.56 Å². The molecule has 2 heterocycles. The number of hydrogen-bond donors (Lipinski definition) is 1. The molecule has 2 aromatic carbocycles. The Bertz CT molecular complexity index is 1110. The van der Waals surface area contributed by atoms with Crippen LogP contribution in [0.15, 0.2) is 51.3 Å². The molecule has 0 radical (unpaired) electrons. The second-order valence-electron chi connectivity index (χ2n) is 6.69. The van der Waals surface area contributed by atoms with Crippen molar-refractivity contribution in [2.75, 3.05) is 14.1 Å². The second kappa shape index (κ2) is 7.10. The number of furan rings is 2. The Kier molecular flexibility index (Phi) is 5.00. The summed E-state index contributed by atoms with van der Waals surface area (Å²) in [5.41, 5.74) is 2.35. The molecule has 0 aliphatic heterocycles. The number of para-hydroxylation sites is 1. The molecule has 6 heteroatoms. The van der Waals surface area contributed by atoms with Crippen molar-refractivity contribution in [1.82, 2.24) is 4.90 Å². The van der Waals surface area contributed by atoms with Gasteiger partial charge in [0.15, 0.2) is 5.76 Å². The number of phenols is 1. The van der Waals surface area contributed by atoms with Gasteiger partial charge in [0, 0.05) is 22.9 Å². The van der Waals surface area contributed by atoms with Gasteiger partial charge in [-0.3, -0.25) is 4.79 Å². The van der Waals surface area contributed by atoms with Crippen molar-refractivity contribution in [3.8, 4) is 5.75 Å². The maximum Gasteiger partial charge on any atom is 0.232 e. The lowest BCUT2D eigenvalue weighted by molar-refractivity contribution is 0.101. The fourth-order valence-electron chi connectivity index (χ4n) is 3.33. The number of nitrogens with zero attached hydrogens (tertiary/aromatic N) is 1. The van der Waals surface area contributed by atoms with Gasteiger partial charge in [0.25, 0.3) is 0 Å². The number of fused-ring (bicyclic) bond motifs is 2. The van der Waals surface area contributed by atoms with Crippen LogP contribution >= 0.6 is 12.4 Å². The quantitative estimate of drug-likeness (QED) is 0.506. The van der Waals surface area contributed by atoms with Crippen LogP contribution in [0.3, 0.4) is 0 Å². The summed E-state index contributed by atoms with van der Waals surface area (Å²) in [6, 6.07) is 12.5. The van der Waals surface area contributed by atoms with Gasteiger partial charge in [0.1, 0.15) is 22.7 Å². The van der Waals surface area contributed by atoms with Crippen molar-refractivity contribution in [3.63, 3.8) is 0 Å². The summed E-state index contributed by atoms with van der Waals surface area (Å²) in [6.45, 7) is 2.24. The number of hydrogen-bond acceptors (Lipinski definition) is 5. The summed E-state index contributed by atoms with van der Waals surface area (Å²) in [5, 5.41) is 11.9. The second-order valence-corrected chi connectivity index (χ2v) is 6.69. The number of carbonyl (C=O) groups excluding carboxylic acids is 1. The molecule has 5 nitrogen and oxygen atoms in total. The molecule has 4 rings (SSSR count). The molecule has 27 heavy (non-hydrogen) atoms. The third-order valence-corrected chi connectivity index (χ3v) is 4.47. The molecule has 0 aliphatic rings. The maximum absolute atomic E-state index is 13.2. The molecule has 0 saturated carbocycles. The molecular formula is C21H20ClNO4. The van der Waals surface area contributed by atoms with Crippen LogP contribution in [-0.2, 0) is 6.54 Å². The van der Waals surface area contributed by atoms with Crippen LogP contribution in [0.1, 0.15) is 27.4 Å². The lowest BCUT2D eigenvalue weighted by Crippen LogP contribution is -2.12. The number of aryl methyl sites for hydroxylation is 1. The van der Waals surface area contributed by atoms with E-state index in [9.17, 15) is 9.90 Å². The summed E-state index contributed by atoms with van der Waals surface area (Å²) in [6.07, 6.45) is 0. The number of benzene rings is 2. The molecule has 0 amide bonds. The molecule has 4 aromatic rings. The molecule has 0 fully saturated rings. The zero-order valence-corrected chi connectivity index (χ0v) is 16.1. The molecule has 0 atom stereocenters. The molecule has 0 aliphatic carbocycles. The Hall–Kier alpha value is -2.76. The molecule has 2 aromatic heterocycles. The monoisotopic (exact) mass is 385 g/mol. The summed E-state index contributed by atoms with van der Waals surface area (Å²) >= 11 is 0. The predicted molar refractivity (Wildman–Crippen MR) is 107 cm³/mol. The highest BCUT2D eigenvalue weighted by Gasteiger charge is 2.26. The average Bonchev–Trinajstić information content (AvgIpc) is 3.17. The summed E-state index contributed by atoms with van der Waals surface area (Å²) in [7, 11) is 3.82. The van der Waals surface area contributed by atoms with Crippen molar-refractivity contribution in [2.24, 2.45) is 0 Å². The number of phenolic OH excluding ortho intramolecular Hbond substituents is 1. The minimum absolute atomic E-state index is 0. The topological polar surface area (TPSA) is 66.8 Å². The molecule has 0 bridgehead atoms. The number of carbonyl (C=O) groups is 1. The highest BCUT2D eigenvalue weighted by Crippen LogP contribution is 2.36. The summed E-state index contributed by atoms with van der Waals surface area (Å²) in [5.74, 6) is 0.668. The molecule has 1 N–H and O–H groups in total. The van der Waals surface area contributed by atoms with Gasteiger partial charge in [0.2, 0.25) is 5.78 Å². The standard InChI is InChI=1S/C21H19NO4.ClH/c1-12-19(21(24)18-10-13-6-4-5-7-16(13)26-18)20-14(11-22(2)3)15(23)8-9-17(20)25-12;/h4-10,23H,11H2,1-3H3;1H. The molecule has 0 spiro atoms. The number of halogens is 1. The highest BCUT2D eigenvalue weighted by atomic mass is 35.5. The van der Waals surface area contributed by atoms with E-state index in [1.807, 2.05) is 43.3 Å². The Balaban J connectivity index is 0.00000210. The van der Waals surface area contributed by atoms with Crippen molar-refractivity contribution in [2.45, 2.75) is 13.5 Å². The first-order valence-corrected chi connectivity index (χ1v) is 8.37. The maximum atomic E-state index is 13.2. The summed E-state index contributed by atoms with van der Waals surface area (Å²) in [4.78, 5) is 15.1. The van der Waals surface area contributed by atoms with Crippen molar-refractivity contribution in [1.29, 1.82) is 0 Å². The van der Waals surface area contributed by atoms with Crippen molar-refractivity contribution >= 4 is 40.1 Å². The van der Waals surface area contributed by atoms with Gasteiger partial charge in [-0.05, 0) is 45.3 Å². The minimum atomic E-state index is -0.247. The van der Waals surface area contributed by atoms with Gasteiger partial charge < -0.3 is 18.8 Å². The zero-order chi connectivity index (χ0) is 18.4.